The van der Waals surface area contributed by atoms with Crippen molar-refractivity contribution in [1.82, 2.24) is 10.2 Å². The van der Waals surface area contributed by atoms with Crippen LogP contribution in [0, 0.1) is 11.8 Å². The van der Waals surface area contributed by atoms with Gasteiger partial charge in [0.05, 0.1) is 0 Å². The van der Waals surface area contributed by atoms with Gasteiger partial charge in [0.1, 0.15) is 0 Å². The third-order valence-electron chi connectivity index (χ3n) is 5.48. The zero-order chi connectivity index (χ0) is 11.7. The number of fused-ring (bicyclic) bond motifs is 1. The van der Waals surface area contributed by atoms with Crippen molar-refractivity contribution < 1.29 is 0 Å². The van der Waals surface area contributed by atoms with E-state index in [4.69, 9.17) is 0 Å². The SMILES string of the molecule is CCC1CCCC(N2CC3CCCNC3C2)C1. The van der Waals surface area contributed by atoms with Crippen LogP contribution >= 0.6 is 0 Å². The molecule has 3 rings (SSSR count). The van der Waals surface area contributed by atoms with Crippen molar-refractivity contribution in [2.75, 3.05) is 19.6 Å². The van der Waals surface area contributed by atoms with E-state index in [2.05, 4.69) is 17.1 Å². The summed E-state index contributed by atoms with van der Waals surface area (Å²) in [7, 11) is 0. The van der Waals surface area contributed by atoms with Crippen LogP contribution in [0.5, 0.6) is 0 Å². The number of likely N-dealkylation sites (tertiary alicyclic amines) is 1. The van der Waals surface area contributed by atoms with Crippen LogP contribution < -0.4 is 5.32 Å². The second-order valence-electron chi connectivity index (χ2n) is 6.51. The quantitative estimate of drug-likeness (QED) is 0.793. The molecule has 0 radical (unpaired) electrons. The number of piperidine rings is 1. The Morgan fingerprint density at radius 2 is 2.06 bits per heavy atom. The van der Waals surface area contributed by atoms with Crippen LogP contribution in [0.3, 0.4) is 0 Å². The van der Waals surface area contributed by atoms with Crippen molar-refractivity contribution in [3.05, 3.63) is 0 Å². The molecule has 3 aliphatic rings. The van der Waals surface area contributed by atoms with E-state index < -0.39 is 0 Å². The summed E-state index contributed by atoms with van der Waals surface area (Å²) in [6.45, 7) is 6.36. The normalized spacial score (nSPS) is 43.6. The molecule has 0 bridgehead atoms. The molecule has 0 aromatic carbocycles. The summed E-state index contributed by atoms with van der Waals surface area (Å²) in [5, 5.41) is 3.73. The topological polar surface area (TPSA) is 15.3 Å². The van der Waals surface area contributed by atoms with Gasteiger partial charge in [0, 0.05) is 25.2 Å². The maximum absolute atomic E-state index is 3.73. The van der Waals surface area contributed by atoms with Crippen LogP contribution in [0.2, 0.25) is 0 Å². The Morgan fingerprint density at radius 1 is 1.12 bits per heavy atom. The summed E-state index contributed by atoms with van der Waals surface area (Å²) in [6, 6.07) is 1.74. The van der Waals surface area contributed by atoms with Crippen LogP contribution in [0.4, 0.5) is 0 Å². The Labute approximate surface area is 106 Å². The predicted molar refractivity (Wildman–Crippen MR) is 72.1 cm³/mol. The minimum Gasteiger partial charge on any atom is -0.312 e. The molecule has 4 unspecified atom stereocenters. The van der Waals surface area contributed by atoms with E-state index in [1.807, 2.05) is 0 Å². The zero-order valence-corrected chi connectivity index (χ0v) is 11.3. The summed E-state index contributed by atoms with van der Waals surface area (Å²) in [6.07, 6.45) is 10.2. The van der Waals surface area contributed by atoms with Crippen molar-refractivity contribution in [3.8, 4) is 0 Å². The summed E-state index contributed by atoms with van der Waals surface area (Å²) >= 11 is 0. The van der Waals surface area contributed by atoms with E-state index >= 15 is 0 Å². The fraction of sp³-hybridized carbons (Fsp3) is 1.00. The van der Waals surface area contributed by atoms with E-state index in [-0.39, 0.29) is 0 Å². The first kappa shape index (κ1) is 12.0. The summed E-state index contributed by atoms with van der Waals surface area (Å²) < 4.78 is 0. The molecular weight excluding hydrogens is 208 g/mol. The first-order valence-corrected chi connectivity index (χ1v) is 7.84. The van der Waals surface area contributed by atoms with Crippen LogP contribution in [0.15, 0.2) is 0 Å². The Morgan fingerprint density at radius 3 is 2.88 bits per heavy atom. The van der Waals surface area contributed by atoms with Gasteiger partial charge in [-0.05, 0) is 44.1 Å². The van der Waals surface area contributed by atoms with Crippen molar-refractivity contribution in [2.45, 2.75) is 64.0 Å². The van der Waals surface area contributed by atoms with Gasteiger partial charge in [-0.2, -0.15) is 0 Å². The molecule has 3 fully saturated rings. The lowest BCUT2D eigenvalue weighted by molar-refractivity contribution is 0.149. The highest BCUT2D eigenvalue weighted by atomic mass is 15.2. The molecule has 17 heavy (non-hydrogen) atoms. The number of rotatable bonds is 2. The van der Waals surface area contributed by atoms with Crippen molar-refractivity contribution in [2.24, 2.45) is 11.8 Å². The van der Waals surface area contributed by atoms with Crippen LogP contribution in [-0.4, -0.2) is 36.6 Å². The fourth-order valence-corrected chi connectivity index (χ4v) is 4.34. The highest BCUT2D eigenvalue weighted by Gasteiger charge is 2.38. The molecule has 0 aromatic heterocycles. The average Bonchev–Trinajstić information content (AvgIpc) is 2.82. The van der Waals surface area contributed by atoms with Gasteiger partial charge in [-0.3, -0.25) is 4.90 Å². The predicted octanol–water partition coefficient (Wildman–Crippen LogP) is 2.64. The first-order valence-electron chi connectivity index (χ1n) is 7.84. The summed E-state index contributed by atoms with van der Waals surface area (Å²) in [5.41, 5.74) is 0. The van der Waals surface area contributed by atoms with Gasteiger partial charge in [-0.15, -0.1) is 0 Å². The minimum absolute atomic E-state index is 0.825. The Bertz CT molecular complexity index is 239. The third-order valence-corrected chi connectivity index (χ3v) is 5.48. The molecule has 2 saturated heterocycles. The molecule has 1 saturated carbocycles. The van der Waals surface area contributed by atoms with Crippen LogP contribution in [0.25, 0.3) is 0 Å². The molecular formula is C15H28N2. The molecule has 0 amide bonds. The molecule has 4 atom stereocenters. The van der Waals surface area contributed by atoms with Crippen LogP contribution in [0.1, 0.15) is 51.9 Å². The number of hydrogen-bond donors (Lipinski definition) is 1. The molecule has 1 N–H and O–H groups in total. The number of nitrogens with zero attached hydrogens (tertiary/aromatic N) is 1. The summed E-state index contributed by atoms with van der Waals surface area (Å²) in [5.74, 6) is 1.98. The molecule has 0 aromatic rings. The molecule has 2 aliphatic heterocycles. The van der Waals surface area contributed by atoms with E-state index in [0.717, 1.165) is 23.9 Å². The monoisotopic (exact) mass is 236 g/mol. The van der Waals surface area contributed by atoms with E-state index in [1.54, 1.807) is 0 Å². The maximum atomic E-state index is 3.73. The van der Waals surface area contributed by atoms with Gasteiger partial charge in [0.25, 0.3) is 0 Å². The van der Waals surface area contributed by atoms with Gasteiger partial charge in [-0.1, -0.05) is 26.2 Å². The molecule has 2 heterocycles. The molecule has 1 aliphatic carbocycles. The van der Waals surface area contributed by atoms with E-state index in [1.165, 1.54) is 64.6 Å². The Hall–Kier alpha value is -0.0800. The lowest BCUT2D eigenvalue weighted by atomic mass is 9.83. The maximum Gasteiger partial charge on any atom is 0.0235 e. The molecule has 2 nitrogen and oxygen atoms in total. The summed E-state index contributed by atoms with van der Waals surface area (Å²) in [4.78, 5) is 2.83. The Kier molecular flexibility index (Phi) is 3.72. The van der Waals surface area contributed by atoms with E-state index in [0.29, 0.717) is 0 Å². The van der Waals surface area contributed by atoms with Crippen molar-refractivity contribution >= 4 is 0 Å². The standard InChI is InChI=1S/C15H28N2/c1-2-12-5-3-7-14(9-12)17-10-13-6-4-8-16-15(13)11-17/h12-16H,2-11H2,1H3. The van der Waals surface area contributed by atoms with Gasteiger partial charge in [0.2, 0.25) is 0 Å². The second kappa shape index (κ2) is 5.27. The minimum atomic E-state index is 0.825. The van der Waals surface area contributed by atoms with Gasteiger partial charge in [-0.25, -0.2) is 0 Å². The van der Waals surface area contributed by atoms with Crippen molar-refractivity contribution in [1.29, 1.82) is 0 Å². The van der Waals surface area contributed by atoms with Crippen molar-refractivity contribution in [3.63, 3.8) is 0 Å². The zero-order valence-electron chi connectivity index (χ0n) is 11.3. The van der Waals surface area contributed by atoms with Gasteiger partial charge < -0.3 is 5.32 Å². The second-order valence-corrected chi connectivity index (χ2v) is 6.51. The average molecular weight is 236 g/mol. The van der Waals surface area contributed by atoms with Gasteiger partial charge >= 0.3 is 0 Å². The number of nitrogens with one attached hydrogen (secondary N) is 1. The molecule has 2 heteroatoms. The van der Waals surface area contributed by atoms with Gasteiger partial charge in [0.15, 0.2) is 0 Å². The van der Waals surface area contributed by atoms with E-state index in [9.17, 15) is 0 Å². The fourth-order valence-electron chi connectivity index (χ4n) is 4.34. The highest BCUT2D eigenvalue weighted by molar-refractivity contribution is 4.95. The molecule has 98 valence electrons. The largest absolute Gasteiger partial charge is 0.312 e. The Balaban J connectivity index is 1.57. The molecule has 0 spiro atoms. The number of hydrogen-bond acceptors (Lipinski definition) is 2. The third kappa shape index (κ3) is 2.53. The van der Waals surface area contributed by atoms with Crippen LogP contribution in [-0.2, 0) is 0 Å². The lowest BCUT2D eigenvalue weighted by Crippen LogP contribution is -2.42. The lowest BCUT2D eigenvalue weighted by Gasteiger charge is -2.35. The smallest absolute Gasteiger partial charge is 0.0235 e. The highest BCUT2D eigenvalue weighted by Crippen LogP contribution is 2.34. The first-order chi connectivity index (χ1) is 8.36.